The van der Waals surface area contributed by atoms with Crippen molar-refractivity contribution in [1.29, 1.82) is 0 Å². The first-order valence-electron chi connectivity index (χ1n) is 5.98. The van der Waals surface area contributed by atoms with Gasteiger partial charge in [0.15, 0.2) is 0 Å². The molecule has 94 valence electrons. The highest BCUT2D eigenvalue weighted by molar-refractivity contribution is 5.51. The van der Waals surface area contributed by atoms with Crippen LogP contribution in [0.2, 0.25) is 0 Å². The number of methoxy groups -OCH3 is 1. The second kappa shape index (κ2) is 4.73. The topological polar surface area (TPSA) is 64.9 Å². The smallest absolute Gasteiger partial charge is 0.143 e. The monoisotopic (exact) mass is 245 g/mol. The molecular formula is C12H15N5O. The Hall–Kier alpha value is -1.95. The van der Waals surface area contributed by atoms with E-state index in [1.807, 2.05) is 24.3 Å². The molecule has 1 aromatic carbocycles. The number of ether oxygens (including phenoxy) is 1. The van der Waals surface area contributed by atoms with Crippen molar-refractivity contribution in [1.82, 2.24) is 20.2 Å². The van der Waals surface area contributed by atoms with Crippen molar-refractivity contribution >= 4 is 5.69 Å². The van der Waals surface area contributed by atoms with E-state index in [4.69, 9.17) is 4.74 Å². The van der Waals surface area contributed by atoms with E-state index in [2.05, 4.69) is 20.8 Å². The first kappa shape index (κ1) is 11.2. The summed E-state index contributed by atoms with van der Waals surface area (Å²) in [4.78, 5) is 0. The molecule has 0 spiro atoms. The van der Waals surface area contributed by atoms with E-state index in [1.54, 1.807) is 18.1 Å². The summed E-state index contributed by atoms with van der Waals surface area (Å²) in [7, 11) is 1.76. The lowest BCUT2D eigenvalue weighted by Gasteiger charge is -2.35. The molecule has 1 saturated carbocycles. The average molecular weight is 245 g/mol. The third-order valence-corrected chi connectivity index (χ3v) is 3.26. The molecule has 0 atom stereocenters. The van der Waals surface area contributed by atoms with Crippen molar-refractivity contribution in [3.05, 3.63) is 30.6 Å². The lowest BCUT2D eigenvalue weighted by molar-refractivity contribution is 0.0329. The Morgan fingerprint density at radius 1 is 1.39 bits per heavy atom. The number of tetrazole rings is 1. The number of nitrogens with one attached hydrogen (secondary N) is 1. The van der Waals surface area contributed by atoms with Gasteiger partial charge < -0.3 is 10.1 Å². The van der Waals surface area contributed by atoms with E-state index in [0.717, 1.165) is 24.2 Å². The second-order valence-corrected chi connectivity index (χ2v) is 4.48. The SMILES string of the molecule is COC1CC(Nc2cccc(-n3cnnn3)c2)C1. The van der Waals surface area contributed by atoms with Crippen LogP contribution in [-0.4, -0.2) is 39.5 Å². The number of benzene rings is 1. The minimum absolute atomic E-state index is 0.408. The summed E-state index contributed by atoms with van der Waals surface area (Å²) in [6, 6.07) is 8.55. The van der Waals surface area contributed by atoms with Crippen LogP contribution in [0.25, 0.3) is 5.69 Å². The standard InChI is InChI=1S/C12H15N5O/c1-18-12-6-10(7-12)14-9-3-2-4-11(5-9)17-8-13-15-16-17/h2-5,8,10,12,14H,6-7H2,1H3. The molecule has 3 rings (SSSR count). The lowest BCUT2D eigenvalue weighted by atomic mass is 9.89. The van der Waals surface area contributed by atoms with Gasteiger partial charge in [0.1, 0.15) is 6.33 Å². The normalized spacial score (nSPS) is 22.5. The van der Waals surface area contributed by atoms with Gasteiger partial charge in [-0.3, -0.25) is 0 Å². The molecule has 0 unspecified atom stereocenters. The van der Waals surface area contributed by atoms with Crippen LogP contribution in [-0.2, 0) is 4.74 Å². The van der Waals surface area contributed by atoms with Crippen molar-refractivity contribution in [2.24, 2.45) is 0 Å². The molecule has 1 aromatic heterocycles. The predicted molar refractivity (Wildman–Crippen MR) is 66.6 cm³/mol. The van der Waals surface area contributed by atoms with E-state index in [-0.39, 0.29) is 0 Å². The molecule has 18 heavy (non-hydrogen) atoms. The predicted octanol–water partition coefficient (Wildman–Crippen LogP) is 1.25. The number of hydrogen-bond donors (Lipinski definition) is 1. The fraction of sp³-hybridized carbons (Fsp3) is 0.417. The van der Waals surface area contributed by atoms with Gasteiger partial charge in [0.2, 0.25) is 0 Å². The van der Waals surface area contributed by atoms with Gasteiger partial charge in [-0.1, -0.05) is 6.07 Å². The van der Waals surface area contributed by atoms with Gasteiger partial charge in [0.05, 0.1) is 11.8 Å². The Morgan fingerprint density at radius 2 is 2.28 bits per heavy atom. The van der Waals surface area contributed by atoms with Crippen LogP contribution in [0.1, 0.15) is 12.8 Å². The first-order chi connectivity index (χ1) is 8.85. The zero-order chi connectivity index (χ0) is 12.4. The Bertz CT molecular complexity index is 507. The summed E-state index contributed by atoms with van der Waals surface area (Å²) in [6.45, 7) is 0. The minimum atomic E-state index is 0.408. The van der Waals surface area contributed by atoms with Crippen molar-refractivity contribution in [3.8, 4) is 5.69 Å². The molecule has 0 bridgehead atoms. The van der Waals surface area contributed by atoms with Gasteiger partial charge in [-0.2, -0.15) is 0 Å². The minimum Gasteiger partial charge on any atom is -0.382 e. The fourth-order valence-corrected chi connectivity index (χ4v) is 2.13. The highest BCUT2D eigenvalue weighted by atomic mass is 16.5. The van der Waals surface area contributed by atoms with Crippen LogP contribution in [0.4, 0.5) is 5.69 Å². The number of anilines is 1. The van der Waals surface area contributed by atoms with Crippen LogP contribution >= 0.6 is 0 Å². The van der Waals surface area contributed by atoms with E-state index in [0.29, 0.717) is 12.1 Å². The Labute approximate surface area is 105 Å². The molecule has 2 aromatic rings. The van der Waals surface area contributed by atoms with E-state index in [1.165, 1.54) is 0 Å². The van der Waals surface area contributed by atoms with Gasteiger partial charge in [0.25, 0.3) is 0 Å². The molecule has 6 nitrogen and oxygen atoms in total. The van der Waals surface area contributed by atoms with E-state index in [9.17, 15) is 0 Å². The quantitative estimate of drug-likeness (QED) is 0.878. The maximum Gasteiger partial charge on any atom is 0.143 e. The van der Waals surface area contributed by atoms with Crippen LogP contribution in [0.3, 0.4) is 0 Å². The fourth-order valence-electron chi connectivity index (χ4n) is 2.13. The van der Waals surface area contributed by atoms with Crippen LogP contribution < -0.4 is 5.32 Å². The molecule has 0 aliphatic heterocycles. The van der Waals surface area contributed by atoms with Gasteiger partial charge in [-0.05, 0) is 41.5 Å². The summed E-state index contributed by atoms with van der Waals surface area (Å²) >= 11 is 0. The Kier molecular flexibility index (Phi) is 2.93. The van der Waals surface area contributed by atoms with Crippen LogP contribution in [0, 0.1) is 0 Å². The number of nitrogens with zero attached hydrogens (tertiary/aromatic N) is 4. The summed E-state index contributed by atoms with van der Waals surface area (Å²) in [5, 5.41) is 14.6. The molecule has 0 radical (unpaired) electrons. The maximum absolute atomic E-state index is 5.27. The molecular weight excluding hydrogens is 230 g/mol. The zero-order valence-corrected chi connectivity index (χ0v) is 10.2. The third-order valence-electron chi connectivity index (χ3n) is 3.26. The number of rotatable bonds is 4. The Balaban J connectivity index is 1.68. The van der Waals surface area contributed by atoms with Gasteiger partial charge in [-0.25, -0.2) is 4.68 Å². The molecule has 1 heterocycles. The first-order valence-corrected chi connectivity index (χ1v) is 5.98. The lowest BCUT2D eigenvalue weighted by Crippen LogP contribution is -2.40. The van der Waals surface area contributed by atoms with Crippen LogP contribution in [0.15, 0.2) is 30.6 Å². The van der Waals surface area contributed by atoms with Crippen molar-refractivity contribution in [3.63, 3.8) is 0 Å². The highest BCUT2D eigenvalue weighted by Crippen LogP contribution is 2.26. The average Bonchev–Trinajstić information content (AvgIpc) is 2.87. The van der Waals surface area contributed by atoms with E-state index >= 15 is 0 Å². The molecule has 0 saturated heterocycles. The summed E-state index contributed by atoms with van der Waals surface area (Å²) in [6.07, 6.45) is 4.12. The highest BCUT2D eigenvalue weighted by Gasteiger charge is 2.28. The molecule has 1 N–H and O–H groups in total. The molecule has 1 aliphatic carbocycles. The largest absolute Gasteiger partial charge is 0.382 e. The van der Waals surface area contributed by atoms with E-state index < -0.39 is 0 Å². The summed E-state index contributed by atoms with van der Waals surface area (Å²) in [5.74, 6) is 0. The van der Waals surface area contributed by atoms with Gasteiger partial charge in [-0.15, -0.1) is 5.10 Å². The maximum atomic E-state index is 5.27. The zero-order valence-electron chi connectivity index (χ0n) is 10.2. The molecule has 1 fully saturated rings. The summed E-state index contributed by atoms with van der Waals surface area (Å²) < 4.78 is 6.91. The summed E-state index contributed by atoms with van der Waals surface area (Å²) in [5.41, 5.74) is 2.04. The van der Waals surface area contributed by atoms with Crippen molar-refractivity contribution in [2.45, 2.75) is 25.0 Å². The third kappa shape index (κ3) is 2.19. The van der Waals surface area contributed by atoms with Crippen molar-refractivity contribution in [2.75, 3.05) is 12.4 Å². The van der Waals surface area contributed by atoms with Gasteiger partial charge in [0, 0.05) is 18.8 Å². The van der Waals surface area contributed by atoms with Crippen molar-refractivity contribution < 1.29 is 4.74 Å². The molecule has 1 aliphatic rings. The molecule has 0 amide bonds. The van der Waals surface area contributed by atoms with Gasteiger partial charge >= 0.3 is 0 Å². The number of hydrogen-bond acceptors (Lipinski definition) is 5. The Morgan fingerprint density at radius 3 is 3.00 bits per heavy atom. The second-order valence-electron chi connectivity index (χ2n) is 4.48. The number of aromatic nitrogens is 4. The van der Waals surface area contributed by atoms with Crippen LogP contribution in [0.5, 0.6) is 0 Å². The molecule has 6 heteroatoms.